The lowest BCUT2D eigenvalue weighted by Crippen LogP contribution is -2.30. The third-order valence-corrected chi connectivity index (χ3v) is 17.5. The molecule has 0 aliphatic heterocycles. The molecule has 572 valence electrons. The summed E-state index contributed by atoms with van der Waals surface area (Å²) in [6.45, 7) is 4.50. The number of esters is 4. The highest BCUT2D eigenvalue weighted by Crippen LogP contribution is 2.45. The number of rotatable bonds is 71. The summed E-state index contributed by atoms with van der Waals surface area (Å²) in [5.41, 5.74) is 0. The van der Waals surface area contributed by atoms with Gasteiger partial charge in [-0.1, -0.05) is 245 Å². The molecule has 0 radical (unpaired) electrons. The van der Waals surface area contributed by atoms with E-state index in [9.17, 15) is 43.2 Å². The number of phosphoric ester groups is 2. The van der Waals surface area contributed by atoms with Crippen molar-refractivity contribution in [3.05, 3.63) is 134 Å². The Hall–Kier alpha value is -4.80. The minimum Gasteiger partial charge on any atom is -0.462 e. The van der Waals surface area contributed by atoms with Crippen LogP contribution in [0.25, 0.3) is 0 Å². The van der Waals surface area contributed by atoms with E-state index in [4.69, 9.17) is 37.0 Å². The summed E-state index contributed by atoms with van der Waals surface area (Å²) in [6.07, 6.45) is 80.2. The van der Waals surface area contributed by atoms with Crippen molar-refractivity contribution in [2.24, 2.45) is 0 Å². The fourth-order valence-corrected chi connectivity index (χ4v) is 11.3. The number of aliphatic hydroxyl groups is 1. The van der Waals surface area contributed by atoms with Crippen LogP contribution in [0.3, 0.4) is 0 Å². The fraction of sp³-hybridized carbons (Fsp3) is 0.679. The van der Waals surface area contributed by atoms with Gasteiger partial charge in [-0.05, 0) is 161 Å². The second-order valence-electron chi connectivity index (χ2n) is 25.2. The number of hydrogen-bond acceptors (Lipinski definition) is 15. The van der Waals surface area contributed by atoms with Crippen molar-refractivity contribution in [2.45, 2.75) is 316 Å². The summed E-state index contributed by atoms with van der Waals surface area (Å²) < 4.78 is 68.4. The van der Waals surface area contributed by atoms with E-state index in [1.54, 1.807) is 0 Å². The molecule has 0 aliphatic rings. The zero-order valence-electron chi connectivity index (χ0n) is 62.3. The van der Waals surface area contributed by atoms with E-state index in [0.29, 0.717) is 32.1 Å². The summed E-state index contributed by atoms with van der Waals surface area (Å²) in [5.74, 6) is -2.28. The van der Waals surface area contributed by atoms with Gasteiger partial charge in [0.15, 0.2) is 12.2 Å². The standard InChI is InChI=1S/C81H136O17P2/c1-5-9-13-17-21-25-29-33-35-36-37-38-40-43-46-50-54-58-62-66-79(84)92-72-77(98-81(86)68-64-60-56-52-48-44-39-34-30-26-22-18-14-10-6-2)74-96-100(89,90)94-70-75(82)69-93-99(87,88)95-73-76(97-80(85)67-63-59-55-51-47-42-32-28-24-20-16-12-8-4)71-91-78(83)65-61-57-53-49-45-41-31-27-23-19-15-11-7-3/h9-10,13-14,21-22,25-28,31-35,37-39,43,46,48,52,75-77,82H,5-8,11-12,15-20,23-24,29-30,36,40-42,44-45,47,49-51,53-74H2,1-4H3,(H,87,88)(H,89,90)/b13-9-,14-10-,25-21-,26-22-,31-27-,32-28-,35-33-,38-37-,39-34-,46-43-,52-48-. The van der Waals surface area contributed by atoms with Crippen molar-refractivity contribution >= 4 is 39.5 Å². The van der Waals surface area contributed by atoms with Crippen LogP contribution in [-0.2, 0) is 65.4 Å². The Morgan fingerprint density at radius 3 is 0.840 bits per heavy atom. The van der Waals surface area contributed by atoms with Gasteiger partial charge in [0, 0.05) is 25.7 Å². The first-order valence-electron chi connectivity index (χ1n) is 38.4. The maximum atomic E-state index is 13.1. The van der Waals surface area contributed by atoms with Crippen LogP contribution >= 0.6 is 15.6 Å². The first-order valence-corrected chi connectivity index (χ1v) is 41.4. The Labute approximate surface area is 605 Å². The number of aliphatic hydroxyl groups excluding tert-OH is 1. The Morgan fingerprint density at radius 2 is 0.520 bits per heavy atom. The zero-order chi connectivity index (χ0) is 73.2. The molecule has 0 spiro atoms. The average Bonchev–Trinajstić information content (AvgIpc) is 0.946. The first-order chi connectivity index (χ1) is 48.7. The quantitative estimate of drug-likeness (QED) is 0.0169. The first kappa shape index (κ1) is 95.2. The van der Waals surface area contributed by atoms with Crippen LogP contribution in [0.1, 0.15) is 297 Å². The van der Waals surface area contributed by atoms with Crippen molar-refractivity contribution in [2.75, 3.05) is 39.6 Å². The van der Waals surface area contributed by atoms with E-state index in [1.165, 1.54) is 51.4 Å². The number of unbranched alkanes of at least 4 members (excludes halogenated alkanes) is 23. The summed E-state index contributed by atoms with van der Waals surface area (Å²) in [5, 5.41) is 10.6. The van der Waals surface area contributed by atoms with Crippen LogP contribution in [0.5, 0.6) is 0 Å². The number of carbonyl (C=O) groups excluding carboxylic acids is 4. The van der Waals surface area contributed by atoms with Gasteiger partial charge in [0.2, 0.25) is 0 Å². The Bertz CT molecular complexity index is 2420. The second kappa shape index (κ2) is 72.5. The summed E-state index contributed by atoms with van der Waals surface area (Å²) >= 11 is 0. The van der Waals surface area contributed by atoms with Crippen molar-refractivity contribution in [3.8, 4) is 0 Å². The molecule has 0 aliphatic carbocycles. The molecule has 19 heteroatoms. The molecule has 0 aromatic carbocycles. The van der Waals surface area contributed by atoms with Gasteiger partial charge >= 0.3 is 39.5 Å². The number of ether oxygens (including phenoxy) is 4. The van der Waals surface area contributed by atoms with Gasteiger partial charge in [-0.15, -0.1) is 0 Å². The van der Waals surface area contributed by atoms with Crippen molar-refractivity contribution in [1.29, 1.82) is 0 Å². The van der Waals surface area contributed by atoms with Gasteiger partial charge in [0.1, 0.15) is 19.3 Å². The highest BCUT2D eigenvalue weighted by atomic mass is 31.2. The highest BCUT2D eigenvalue weighted by Gasteiger charge is 2.30. The van der Waals surface area contributed by atoms with Crippen LogP contribution in [0.4, 0.5) is 0 Å². The molecule has 0 heterocycles. The van der Waals surface area contributed by atoms with Gasteiger partial charge in [0.25, 0.3) is 0 Å². The normalized spacial score (nSPS) is 14.7. The summed E-state index contributed by atoms with van der Waals surface area (Å²) in [7, 11) is -9.98. The molecule has 100 heavy (non-hydrogen) atoms. The maximum Gasteiger partial charge on any atom is 0.472 e. The second-order valence-corrected chi connectivity index (χ2v) is 28.1. The molecule has 17 nitrogen and oxygen atoms in total. The third-order valence-electron chi connectivity index (χ3n) is 15.6. The van der Waals surface area contributed by atoms with Gasteiger partial charge in [0.05, 0.1) is 26.4 Å². The fourth-order valence-electron chi connectivity index (χ4n) is 9.75. The molecule has 5 atom stereocenters. The average molecular weight is 1440 g/mol. The molecule has 0 aromatic heterocycles. The number of phosphoric acid groups is 2. The predicted molar refractivity (Wildman–Crippen MR) is 408 cm³/mol. The smallest absolute Gasteiger partial charge is 0.462 e. The molecule has 5 unspecified atom stereocenters. The monoisotopic (exact) mass is 1440 g/mol. The van der Waals surface area contributed by atoms with Crippen LogP contribution < -0.4 is 0 Å². The van der Waals surface area contributed by atoms with Crippen LogP contribution in [0, 0.1) is 0 Å². The van der Waals surface area contributed by atoms with E-state index in [1.807, 2.05) is 0 Å². The van der Waals surface area contributed by atoms with Gasteiger partial charge < -0.3 is 33.8 Å². The lowest BCUT2D eigenvalue weighted by Gasteiger charge is -2.21. The van der Waals surface area contributed by atoms with Crippen LogP contribution in [0.15, 0.2) is 134 Å². The van der Waals surface area contributed by atoms with Crippen LogP contribution in [-0.4, -0.2) is 96.7 Å². The largest absolute Gasteiger partial charge is 0.472 e. The van der Waals surface area contributed by atoms with E-state index in [0.717, 1.165) is 161 Å². The molecule has 0 saturated carbocycles. The van der Waals surface area contributed by atoms with Gasteiger partial charge in [-0.3, -0.25) is 37.3 Å². The molecular formula is C81H136O17P2. The molecule has 0 fully saturated rings. The molecule has 0 amide bonds. The zero-order valence-corrected chi connectivity index (χ0v) is 64.1. The molecule has 0 bridgehead atoms. The Morgan fingerprint density at radius 1 is 0.290 bits per heavy atom. The minimum atomic E-state index is -5.00. The summed E-state index contributed by atoms with van der Waals surface area (Å²) in [4.78, 5) is 72.8. The number of allylic oxidation sites excluding steroid dienone is 22. The topological polar surface area (TPSA) is 237 Å². The minimum absolute atomic E-state index is 0.0311. The molecular weight excluding hydrogens is 1310 g/mol. The van der Waals surface area contributed by atoms with E-state index >= 15 is 0 Å². The molecule has 0 rings (SSSR count). The van der Waals surface area contributed by atoms with Gasteiger partial charge in [-0.25, -0.2) is 9.13 Å². The predicted octanol–water partition coefficient (Wildman–Crippen LogP) is 22.1. The lowest BCUT2D eigenvalue weighted by molar-refractivity contribution is -0.161. The molecule has 3 N–H and O–H groups in total. The molecule has 0 aromatic rings. The number of hydrogen-bond donors (Lipinski definition) is 3. The van der Waals surface area contributed by atoms with Crippen molar-refractivity contribution in [1.82, 2.24) is 0 Å². The summed E-state index contributed by atoms with van der Waals surface area (Å²) in [6, 6.07) is 0. The third kappa shape index (κ3) is 71.6. The van der Waals surface area contributed by atoms with E-state index in [2.05, 4.69) is 161 Å². The Kier molecular flexibility index (Phi) is 69.1. The van der Waals surface area contributed by atoms with E-state index in [-0.39, 0.29) is 25.7 Å². The Balaban J connectivity index is 5.42. The molecule has 0 saturated heterocycles. The van der Waals surface area contributed by atoms with Crippen LogP contribution in [0.2, 0.25) is 0 Å². The van der Waals surface area contributed by atoms with Crippen molar-refractivity contribution < 1.29 is 80.2 Å². The maximum absolute atomic E-state index is 13.1. The number of carbonyl (C=O) groups is 4. The van der Waals surface area contributed by atoms with Gasteiger partial charge in [-0.2, -0.15) is 0 Å². The van der Waals surface area contributed by atoms with Crippen molar-refractivity contribution in [3.63, 3.8) is 0 Å². The lowest BCUT2D eigenvalue weighted by atomic mass is 10.1. The SMILES string of the molecule is CC/C=C\C/C=C\C/C=C\C/C=C\C/C=C\CCCCCC(=O)OCC(COP(=O)(O)OCC(O)COP(=O)(O)OCC(COC(=O)CCCCCCC/C=C\CCCCCC)OC(=O)CCCCCCC/C=C\CCCCCC)OC(=O)CCCC/C=C\C/C=C\C/C=C\C/C=C\CC. The highest BCUT2D eigenvalue weighted by molar-refractivity contribution is 7.47. The van der Waals surface area contributed by atoms with E-state index < -0.39 is 97.5 Å².